The third kappa shape index (κ3) is 2.50. The van der Waals surface area contributed by atoms with E-state index in [1.807, 2.05) is 48.2 Å². The molecule has 3 nitrogen and oxygen atoms in total. The van der Waals surface area contributed by atoms with E-state index in [1.165, 1.54) is 0 Å². The lowest BCUT2D eigenvalue weighted by Crippen LogP contribution is -2.35. The van der Waals surface area contributed by atoms with Gasteiger partial charge in [-0.25, -0.2) is 0 Å². The van der Waals surface area contributed by atoms with E-state index in [-0.39, 0.29) is 5.91 Å². The van der Waals surface area contributed by atoms with Crippen LogP contribution in [0.25, 0.3) is 0 Å². The molecule has 1 aromatic carbocycles. The quantitative estimate of drug-likeness (QED) is 0.818. The van der Waals surface area contributed by atoms with Gasteiger partial charge in [-0.1, -0.05) is 13.0 Å². The highest BCUT2D eigenvalue weighted by atomic mass is 16.2. The van der Waals surface area contributed by atoms with Gasteiger partial charge in [0.25, 0.3) is 5.91 Å². The highest BCUT2D eigenvalue weighted by Gasteiger charge is 2.27. The largest absolute Gasteiger partial charge is 0.378 e. The Balaban J connectivity index is 2.20. The van der Waals surface area contributed by atoms with E-state index < -0.39 is 0 Å². The van der Waals surface area contributed by atoms with E-state index in [9.17, 15) is 4.79 Å². The fraction of sp³-hybridized carbons (Fsp3) is 0.533. The maximum absolute atomic E-state index is 12.5. The van der Waals surface area contributed by atoms with Gasteiger partial charge in [-0.3, -0.25) is 4.79 Å². The van der Waals surface area contributed by atoms with Gasteiger partial charge in [0.05, 0.1) is 0 Å². The Morgan fingerprint density at radius 3 is 2.89 bits per heavy atom. The smallest absolute Gasteiger partial charge is 0.254 e. The molecule has 2 rings (SSSR count). The first kappa shape index (κ1) is 12.9. The second-order valence-electron chi connectivity index (χ2n) is 5.15. The van der Waals surface area contributed by atoms with Crippen LogP contribution in [-0.2, 0) is 0 Å². The van der Waals surface area contributed by atoms with Crippen LogP contribution >= 0.6 is 0 Å². The summed E-state index contributed by atoms with van der Waals surface area (Å²) < 4.78 is 0. The van der Waals surface area contributed by atoms with Crippen LogP contribution < -0.4 is 4.90 Å². The molecule has 1 aromatic rings. The van der Waals surface area contributed by atoms with E-state index in [2.05, 4.69) is 6.92 Å². The van der Waals surface area contributed by atoms with Crippen LogP contribution in [0.5, 0.6) is 0 Å². The van der Waals surface area contributed by atoms with Crippen LogP contribution in [0.15, 0.2) is 24.3 Å². The van der Waals surface area contributed by atoms with Crippen molar-refractivity contribution >= 4 is 11.6 Å². The molecule has 1 saturated heterocycles. The first-order chi connectivity index (χ1) is 8.63. The lowest BCUT2D eigenvalue weighted by Gasteiger charge is -2.24. The molecule has 1 aliphatic rings. The van der Waals surface area contributed by atoms with E-state index >= 15 is 0 Å². The Labute approximate surface area is 109 Å². The lowest BCUT2D eigenvalue weighted by molar-refractivity contribution is 0.0733. The molecule has 18 heavy (non-hydrogen) atoms. The van der Waals surface area contributed by atoms with Crippen molar-refractivity contribution in [3.63, 3.8) is 0 Å². The van der Waals surface area contributed by atoms with Crippen LogP contribution in [0, 0.1) is 0 Å². The maximum Gasteiger partial charge on any atom is 0.254 e. The Bertz CT molecular complexity index is 428. The van der Waals surface area contributed by atoms with Gasteiger partial charge in [-0.15, -0.1) is 0 Å². The number of likely N-dealkylation sites (tertiary alicyclic amines) is 1. The highest BCUT2D eigenvalue weighted by molar-refractivity contribution is 5.95. The number of amides is 1. The molecular weight excluding hydrogens is 224 g/mol. The van der Waals surface area contributed by atoms with E-state index in [4.69, 9.17) is 0 Å². The van der Waals surface area contributed by atoms with Crippen molar-refractivity contribution in [1.82, 2.24) is 4.90 Å². The van der Waals surface area contributed by atoms with Crippen LogP contribution in [-0.4, -0.2) is 37.5 Å². The summed E-state index contributed by atoms with van der Waals surface area (Å²) in [5, 5.41) is 0. The summed E-state index contributed by atoms with van der Waals surface area (Å²) in [6.45, 7) is 3.07. The van der Waals surface area contributed by atoms with Gasteiger partial charge >= 0.3 is 0 Å². The monoisotopic (exact) mass is 246 g/mol. The third-order valence-corrected chi connectivity index (χ3v) is 3.72. The minimum absolute atomic E-state index is 0.183. The molecule has 1 fully saturated rings. The first-order valence-electron chi connectivity index (χ1n) is 6.72. The van der Waals surface area contributed by atoms with Gasteiger partial charge in [-0.05, 0) is 37.5 Å². The van der Waals surface area contributed by atoms with Gasteiger partial charge in [-0.2, -0.15) is 0 Å². The van der Waals surface area contributed by atoms with E-state index in [1.54, 1.807) is 0 Å². The Kier molecular flexibility index (Phi) is 3.90. The number of anilines is 1. The first-order valence-corrected chi connectivity index (χ1v) is 6.72. The predicted octanol–water partition coefficient (Wildman–Crippen LogP) is 2.77. The molecule has 0 N–H and O–H groups in total. The number of rotatable bonds is 3. The van der Waals surface area contributed by atoms with Crippen molar-refractivity contribution in [2.75, 3.05) is 25.5 Å². The maximum atomic E-state index is 12.5. The summed E-state index contributed by atoms with van der Waals surface area (Å²) in [5.74, 6) is 0.183. The minimum atomic E-state index is 0.183. The number of nitrogens with zero attached hydrogens (tertiary/aromatic N) is 2. The molecule has 3 heteroatoms. The third-order valence-electron chi connectivity index (χ3n) is 3.72. The van der Waals surface area contributed by atoms with Gasteiger partial charge in [0.2, 0.25) is 0 Å². The van der Waals surface area contributed by atoms with Crippen molar-refractivity contribution in [2.45, 2.75) is 32.2 Å². The molecule has 0 bridgehead atoms. The highest BCUT2D eigenvalue weighted by Crippen LogP contribution is 2.23. The van der Waals surface area contributed by atoms with Crippen LogP contribution in [0.2, 0.25) is 0 Å². The summed E-state index contributed by atoms with van der Waals surface area (Å²) in [5.41, 5.74) is 1.88. The predicted molar refractivity (Wildman–Crippen MR) is 75.1 cm³/mol. The fourth-order valence-electron chi connectivity index (χ4n) is 2.61. The Hall–Kier alpha value is -1.51. The van der Waals surface area contributed by atoms with Crippen molar-refractivity contribution in [2.24, 2.45) is 0 Å². The summed E-state index contributed by atoms with van der Waals surface area (Å²) in [4.78, 5) is 16.6. The Morgan fingerprint density at radius 1 is 1.44 bits per heavy atom. The number of hydrogen-bond donors (Lipinski definition) is 0. The molecule has 0 saturated carbocycles. The zero-order valence-electron chi connectivity index (χ0n) is 11.5. The average Bonchev–Trinajstić information content (AvgIpc) is 2.86. The molecule has 1 aliphatic heterocycles. The second kappa shape index (κ2) is 5.42. The number of carbonyl (C=O) groups is 1. The van der Waals surface area contributed by atoms with Crippen molar-refractivity contribution in [3.8, 4) is 0 Å². The van der Waals surface area contributed by atoms with Gasteiger partial charge in [0.15, 0.2) is 0 Å². The minimum Gasteiger partial charge on any atom is -0.378 e. The summed E-state index contributed by atoms with van der Waals surface area (Å²) in [6, 6.07) is 8.31. The molecule has 0 spiro atoms. The van der Waals surface area contributed by atoms with Gasteiger partial charge in [0, 0.05) is 37.9 Å². The molecule has 0 radical (unpaired) electrons. The number of carbonyl (C=O) groups excluding carboxylic acids is 1. The molecule has 1 heterocycles. The zero-order chi connectivity index (χ0) is 13.1. The van der Waals surface area contributed by atoms with Gasteiger partial charge in [0.1, 0.15) is 0 Å². The molecule has 1 unspecified atom stereocenters. The lowest BCUT2D eigenvalue weighted by atomic mass is 10.1. The molecular formula is C15H22N2O. The zero-order valence-corrected chi connectivity index (χ0v) is 11.5. The van der Waals surface area contributed by atoms with E-state index in [0.717, 1.165) is 37.1 Å². The van der Waals surface area contributed by atoms with E-state index in [0.29, 0.717) is 6.04 Å². The molecule has 98 valence electrons. The topological polar surface area (TPSA) is 23.6 Å². The second-order valence-corrected chi connectivity index (χ2v) is 5.15. The summed E-state index contributed by atoms with van der Waals surface area (Å²) in [6.07, 6.45) is 3.34. The summed E-state index contributed by atoms with van der Waals surface area (Å²) >= 11 is 0. The fourth-order valence-corrected chi connectivity index (χ4v) is 2.61. The summed E-state index contributed by atoms with van der Waals surface area (Å²) in [7, 11) is 3.99. The molecule has 1 atom stereocenters. The Morgan fingerprint density at radius 2 is 2.22 bits per heavy atom. The standard InChI is InChI=1S/C15H22N2O/c1-4-13-9-6-10-17(13)15(18)12-7-5-8-14(11-12)16(2)3/h5,7-8,11,13H,4,6,9-10H2,1-3H3. The number of benzene rings is 1. The molecule has 1 amide bonds. The molecule has 0 aliphatic carbocycles. The van der Waals surface area contributed by atoms with Crippen LogP contribution in [0.1, 0.15) is 36.5 Å². The molecule has 0 aromatic heterocycles. The number of hydrogen-bond acceptors (Lipinski definition) is 2. The average molecular weight is 246 g/mol. The SMILES string of the molecule is CCC1CCCN1C(=O)c1cccc(N(C)C)c1. The van der Waals surface area contributed by atoms with Crippen molar-refractivity contribution in [3.05, 3.63) is 29.8 Å². The van der Waals surface area contributed by atoms with Crippen LogP contribution in [0.4, 0.5) is 5.69 Å². The normalized spacial score (nSPS) is 19.1. The van der Waals surface area contributed by atoms with Crippen molar-refractivity contribution in [1.29, 1.82) is 0 Å². The van der Waals surface area contributed by atoms with Crippen LogP contribution in [0.3, 0.4) is 0 Å². The van der Waals surface area contributed by atoms with Crippen molar-refractivity contribution < 1.29 is 4.79 Å². The van der Waals surface area contributed by atoms with Gasteiger partial charge < -0.3 is 9.80 Å².